The zero-order chi connectivity index (χ0) is 11.8. The van der Waals surface area contributed by atoms with Crippen LogP contribution in [0.15, 0.2) is 5.38 Å². The van der Waals surface area contributed by atoms with Crippen LogP contribution in [0.3, 0.4) is 0 Å². The quantitative estimate of drug-likeness (QED) is 0.895. The molecule has 0 spiro atoms. The second kappa shape index (κ2) is 4.58. The highest BCUT2D eigenvalue weighted by Crippen LogP contribution is 2.40. The molecule has 2 fully saturated rings. The fourth-order valence-corrected chi connectivity index (χ4v) is 4.10. The summed E-state index contributed by atoms with van der Waals surface area (Å²) in [6.45, 7) is 4.65. The molecule has 1 saturated heterocycles. The van der Waals surface area contributed by atoms with E-state index in [1.807, 2.05) is 7.05 Å². The average molecular weight is 251 g/mol. The molecule has 2 heterocycles. The SMILES string of the molecule is CNC(C)c1csc(N2CC3CCCC3C2)n1. The number of aromatic nitrogens is 1. The van der Waals surface area contributed by atoms with E-state index in [1.54, 1.807) is 11.3 Å². The molecule has 2 aliphatic rings. The van der Waals surface area contributed by atoms with E-state index in [4.69, 9.17) is 4.98 Å². The van der Waals surface area contributed by atoms with E-state index in [2.05, 4.69) is 22.5 Å². The highest BCUT2D eigenvalue weighted by molar-refractivity contribution is 7.13. The van der Waals surface area contributed by atoms with Gasteiger partial charge in [-0.2, -0.15) is 0 Å². The molecule has 0 bridgehead atoms. The lowest BCUT2D eigenvalue weighted by molar-refractivity contribution is 0.494. The minimum atomic E-state index is 0.363. The van der Waals surface area contributed by atoms with Crippen molar-refractivity contribution >= 4 is 16.5 Å². The lowest BCUT2D eigenvalue weighted by Crippen LogP contribution is -2.21. The average Bonchev–Trinajstić information content (AvgIpc) is 3.00. The van der Waals surface area contributed by atoms with Crippen LogP contribution in [0, 0.1) is 11.8 Å². The standard InChI is InChI=1S/C13H21N3S/c1-9(14-2)12-8-17-13(15-12)16-6-10-4-3-5-11(10)7-16/h8-11,14H,3-7H2,1-2H3. The fraction of sp³-hybridized carbons (Fsp3) is 0.769. The molecule has 3 atom stereocenters. The van der Waals surface area contributed by atoms with Gasteiger partial charge in [0, 0.05) is 24.5 Å². The Morgan fingerprint density at radius 1 is 1.41 bits per heavy atom. The molecular formula is C13H21N3S. The molecule has 0 aromatic carbocycles. The number of thiazole rings is 1. The van der Waals surface area contributed by atoms with Gasteiger partial charge in [-0.15, -0.1) is 11.3 Å². The number of nitrogens with zero attached hydrogens (tertiary/aromatic N) is 2. The first kappa shape index (κ1) is 11.5. The van der Waals surface area contributed by atoms with Crippen LogP contribution in [0.4, 0.5) is 5.13 Å². The molecule has 1 aromatic heterocycles. The summed E-state index contributed by atoms with van der Waals surface area (Å²) in [7, 11) is 1.99. The second-order valence-corrected chi connectivity index (χ2v) is 6.26. The van der Waals surface area contributed by atoms with Crippen molar-refractivity contribution in [1.82, 2.24) is 10.3 Å². The Morgan fingerprint density at radius 2 is 2.12 bits per heavy atom. The third-order valence-corrected chi connectivity index (χ3v) is 5.30. The first-order chi connectivity index (χ1) is 8.28. The van der Waals surface area contributed by atoms with Gasteiger partial charge in [0.25, 0.3) is 0 Å². The Balaban J connectivity index is 1.71. The summed E-state index contributed by atoms with van der Waals surface area (Å²) in [5.41, 5.74) is 1.18. The molecule has 1 N–H and O–H groups in total. The van der Waals surface area contributed by atoms with Crippen molar-refractivity contribution in [3.05, 3.63) is 11.1 Å². The number of rotatable bonds is 3. The highest BCUT2D eigenvalue weighted by Gasteiger charge is 2.37. The Bertz CT molecular complexity index is 378. The first-order valence-electron chi connectivity index (χ1n) is 6.65. The van der Waals surface area contributed by atoms with E-state index in [9.17, 15) is 0 Å². The van der Waals surface area contributed by atoms with Crippen LogP contribution < -0.4 is 10.2 Å². The third-order valence-electron chi connectivity index (χ3n) is 4.38. The van der Waals surface area contributed by atoms with E-state index in [1.165, 1.54) is 43.2 Å². The topological polar surface area (TPSA) is 28.2 Å². The molecule has 0 amide bonds. The van der Waals surface area contributed by atoms with Crippen molar-refractivity contribution in [2.45, 2.75) is 32.2 Å². The summed E-state index contributed by atoms with van der Waals surface area (Å²) < 4.78 is 0. The van der Waals surface area contributed by atoms with Gasteiger partial charge >= 0.3 is 0 Å². The summed E-state index contributed by atoms with van der Waals surface area (Å²) in [5, 5.41) is 6.68. The summed E-state index contributed by atoms with van der Waals surface area (Å²) in [5.74, 6) is 1.90. The monoisotopic (exact) mass is 251 g/mol. The third kappa shape index (κ3) is 2.08. The molecule has 3 rings (SSSR count). The summed E-state index contributed by atoms with van der Waals surface area (Å²) in [6, 6.07) is 0.363. The molecular weight excluding hydrogens is 230 g/mol. The lowest BCUT2D eigenvalue weighted by atomic mass is 10.0. The van der Waals surface area contributed by atoms with Crippen LogP contribution in [-0.4, -0.2) is 25.1 Å². The predicted molar refractivity (Wildman–Crippen MR) is 72.6 cm³/mol. The maximum absolute atomic E-state index is 4.77. The van der Waals surface area contributed by atoms with Gasteiger partial charge in [0.2, 0.25) is 0 Å². The second-order valence-electron chi connectivity index (χ2n) is 5.42. The number of anilines is 1. The highest BCUT2D eigenvalue weighted by atomic mass is 32.1. The summed E-state index contributed by atoms with van der Waals surface area (Å²) in [6.07, 6.45) is 4.32. The minimum absolute atomic E-state index is 0.363. The number of hydrogen-bond donors (Lipinski definition) is 1. The first-order valence-corrected chi connectivity index (χ1v) is 7.53. The molecule has 1 aliphatic heterocycles. The van der Waals surface area contributed by atoms with Crippen LogP contribution in [0.5, 0.6) is 0 Å². The van der Waals surface area contributed by atoms with E-state index in [0.29, 0.717) is 6.04 Å². The van der Waals surface area contributed by atoms with Crippen molar-refractivity contribution in [3.63, 3.8) is 0 Å². The number of fused-ring (bicyclic) bond motifs is 1. The molecule has 1 saturated carbocycles. The van der Waals surface area contributed by atoms with E-state index < -0.39 is 0 Å². The molecule has 3 unspecified atom stereocenters. The van der Waals surface area contributed by atoms with E-state index >= 15 is 0 Å². The van der Waals surface area contributed by atoms with Crippen molar-refractivity contribution in [2.75, 3.05) is 25.0 Å². The molecule has 94 valence electrons. The summed E-state index contributed by atoms with van der Waals surface area (Å²) in [4.78, 5) is 7.28. The zero-order valence-electron chi connectivity index (χ0n) is 10.6. The summed E-state index contributed by atoms with van der Waals surface area (Å²) >= 11 is 1.80. The van der Waals surface area contributed by atoms with Crippen LogP contribution in [0.25, 0.3) is 0 Å². The van der Waals surface area contributed by atoms with Crippen molar-refractivity contribution in [3.8, 4) is 0 Å². The van der Waals surface area contributed by atoms with Gasteiger partial charge in [-0.25, -0.2) is 4.98 Å². The van der Waals surface area contributed by atoms with E-state index in [0.717, 1.165) is 11.8 Å². The minimum Gasteiger partial charge on any atom is -0.348 e. The number of nitrogens with one attached hydrogen (secondary N) is 1. The molecule has 4 heteroatoms. The smallest absolute Gasteiger partial charge is 0.185 e. The lowest BCUT2D eigenvalue weighted by Gasteiger charge is -2.15. The molecule has 1 aromatic rings. The Kier molecular flexibility index (Phi) is 3.09. The maximum atomic E-state index is 4.77. The van der Waals surface area contributed by atoms with Crippen molar-refractivity contribution in [1.29, 1.82) is 0 Å². The normalized spacial score (nSPS) is 29.6. The van der Waals surface area contributed by atoms with Gasteiger partial charge in [0.15, 0.2) is 5.13 Å². The van der Waals surface area contributed by atoms with Gasteiger partial charge in [0.05, 0.1) is 5.69 Å². The molecule has 0 radical (unpaired) electrons. The Labute approximate surface area is 107 Å². The Hall–Kier alpha value is -0.610. The molecule has 17 heavy (non-hydrogen) atoms. The van der Waals surface area contributed by atoms with Gasteiger partial charge in [0.1, 0.15) is 0 Å². The Morgan fingerprint density at radius 3 is 2.76 bits per heavy atom. The van der Waals surface area contributed by atoms with Crippen molar-refractivity contribution in [2.24, 2.45) is 11.8 Å². The van der Waals surface area contributed by atoms with Crippen LogP contribution in [-0.2, 0) is 0 Å². The van der Waals surface area contributed by atoms with E-state index in [-0.39, 0.29) is 0 Å². The van der Waals surface area contributed by atoms with Gasteiger partial charge in [-0.3, -0.25) is 0 Å². The van der Waals surface area contributed by atoms with Crippen LogP contribution in [0.1, 0.15) is 37.9 Å². The molecule has 3 nitrogen and oxygen atoms in total. The van der Waals surface area contributed by atoms with Crippen molar-refractivity contribution < 1.29 is 0 Å². The fourth-order valence-electron chi connectivity index (χ4n) is 3.16. The van der Waals surface area contributed by atoms with Crippen LogP contribution in [0.2, 0.25) is 0 Å². The van der Waals surface area contributed by atoms with Gasteiger partial charge in [-0.1, -0.05) is 6.42 Å². The van der Waals surface area contributed by atoms with Gasteiger partial charge < -0.3 is 10.2 Å². The van der Waals surface area contributed by atoms with Crippen LogP contribution >= 0.6 is 11.3 Å². The maximum Gasteiger partial charge on any atom is 0.185 e. The van der Waals surface area contributed by atoms with Gasteiger partial charge in [-0.05, 0) is 38.6 Å². The zero-order valence-corrected chi connectivity index (χ0v) is 11.5. The molecule has 1 aliphatic carbocycles. The predicted octanol–water partition coefficient (Wildman–Crippen LogP) is 2.66. The number of hydrogen-bond acceptors (Lipinski definition) is 4. The largest absolute Gasteiger partial charge is 0.348 e.